The average Bonchev–Trinajstić information content (AvgIpc) is 2.65. The topological polar surface area (TPSA) is 37.3 Å². The molecule has 0 spiro atoms. The lowest BCUT2D eigenvalue weighted by atomic mass is 9.83. The lowest BCUT2D eigenvalue weighted by Crippen LogP contribution is -2.28. The maximum atomic E-state index is 11.4. The Kier molecular flexibility index (Phi) is 3.54. The van der Waals surface area contributed by atoms with Gasteiger partial charge in [0.25, 0.3) is 0 Å². The fourth-order valence-corrected chi connectivity index (χ4v) is 3.70. The van der Waals surface area contributed by atoms with E-state index in [1.54, 1.807) is 25.6 Å². The Balaban J connectivity index is 2.01. The first-order valence-corrected chi connectivity index (χ1v) is 7.92. The standard InChI is InChI=1S/C18H18O2S/c1-18(2,17(19)20)14-9-10-16-13(11-14)8-7-12-5-3-4-6-15(12)21-16/h3-6,9-11H,7-8H2,1-2H3,(H,19,20). The maximum absolute atomic E-state index is 11.4. The van der Waals surface area contributed by atoms with Crippen LogP contribution in [0.15, 0.2) is 52.3 Å². The first-order chi connectivity index (χ1) is 9.98. The van der Waals surface area contributed by atoms with Crippen LogP contribution in [0.5, 0.6) is 0 Å². The molecule has 0 bridgehead atoms. The molecule has 1 N–H and O–H groups in total. The van der Waals surface area contributed by atoms with Crippen LogP contribution in [0.2, 0.25) is 0 Å². The van der Waals surface area contributed by atoms with Gasteiger partial charge >= 0.3 is 5.97 Å². The van der Waals surface area contributed by atoms with Crippen LogP contribution in [-0.4, -0.2) is 11.1 Å². The van der Waals surface area contributed by atoms with E-state index in [4.69, 9.17) is 0 Å². The molecule has 0 aromatic heterocycles. The molecule has 0 aliphatic carbocycles. The molecule has 1 aliphatic heterocycles. The number of carbonyl (C=O) groups is 1. The van der Waals surface area contributed by atoms with Crippen LogP contribution in [0.4, 0.5) is 0 Å². The molecule has 0 amide bonds. The molecule has 2 aromatic carbocycles. The number of aliphatic carboxylic acids is 1. The maximum Gasteiger partial charge on any atom is 0.313 e. The second-order valence-corrected chi connectivity index (χ2v) is 7.05. The first kappa shape index (κ1) is 14.2. The Hall–Kier alpha value is -1.74. The summed E-state index contributed by atoms with van der Waals surface area (Å²) < 4.78 is 0. The van der Waals surface area contributed by atoms with Crippen molar-refractivity contribution in [2.24, 2.45) is 0 Å². The van der Waals surface area contributed by atoms with Gasteiger partial charge in [0.1, 0.15) is 0 Å². The van der Waals surface area contributed by atoms with Crippen LogP contribution >= 0.6 is 11.8 Å². The number of hydrogen-bond donors (Lipinski definition) is 1. The third-order valence-corrected chi connectivity index (χ3v) is 5.41. The average molecular weight is 298 g/mol. The van der Waals surface area contributed by atoms with Gasteiger partial charge in [-0.2, -0.15) is 0 Å². The lowest BCUT2D eigenvalue weighted by Gasteiger charge is -2.21. The van der Waals surface area contributed by atoms with E-state index in [-0.39, 0.29) is 0 Å². The highest BCUT2D eigenvalue weighted by atomic mass is 32.2. The second-order valence-electron chi connectivity index (χ2n) is 5.96. The molecule has 0 radical (unpaired) electrons. The van der Waals surface area contributed by atoms with Crippen molar-refractivity contribution in [2.45, 2.75) is 41.9 Å². The molecule has 3 heteroatoms. The first-order valence-electron chi connectivity index (χ1n) is 7.11. The van der Waals surface area contributed by atoms with Crippen molar-refractivity contribution >= 4 is 17.7 Å². The van der Waals surface area contributed by atoms with Gasteiger partial charge < -0.3 is 5.11 Å². The number of aryl methyl sites for hydroxylation is 2. The molecule has 0 unspecified atom stereocenters. The van der Waals surface area contributed by atoms with Gasteiger partial charge in [0, 0.05) is 9.79 Å². The van der Waals surface area contributed by atoms with E-state index < -0.39 is 11.4 Å². The zero-order chi connectivity index (χ0) is 15.0. The molecule has 1 heterocycles. The molecule has 1 aliphatic rings. The Morgan fingerprint density at radius 1 is 1.05 bits per heavy atom. The Bertz CT molecular complexity index is 704. The second kappa shape index (κ2) is 5.23. The molecule has 0 saturated heterocycles. The third-order valence-electron chi connectivity index (χ3n) is 4.17. The number of hydrogen-bond acceptors (Lipinski definition) is 2. The molecule has 0 saturated carbocycles. The van der Waals surface area contributed by atoms with Crippen molar-refractivity contribution in [2.75, 3.05) is 0 Å². The Morgan fingerprint density at radius 2 is 1.71 bits per heavy atom. The smallest absolute Gasteiger partial charge is 0.313 e. The largest absolute Gasteiger partial charge is 0.481 e. The van der Waals surface area contributed by atoms with Crippen molar-refractivity contribution in [1.29, 1.82) is 0 Å². The number of rotatable bonds is 2. The van der Waals surface area contributed by atoms with Crippen LogP contribution in [0.25, 0.3) is 0 Å². The summed E-state index contributed by atoms with van der Waals surface area (Å²) in [5.41, 5.74) is 2.65. The van der Waals surface area contributed by atoms with Gasteiger partial charge in [-0.05, 0) is 55.5 Å². The van der Waals surface area contributed by atoms with Crippen molar-refractivity contribution in [3.63, 3.8) is 0 Å². The molecule has 0 atom stereocenters. The van der Waals surface area contributed by atoms with Crippen molar-refractivity contribution in [3.05, 3.63) is 59.2 Å². The van der Waals surface area contributed by atoms with Gasteiger partial charge in [0.15, 0.2) is 0 Å². The van der Waals surface area contributed by atoms with E-state index in [2.05, 4.69) is 36.4 Å². The zero-order valence-corrected chi connectivity index (χ0v) is 13.0. The molecule has 2 aromatic rings. The van der Waals surface area contributed by atoms with Gasteiger partial charge in [-0.3, -0.25) is 4.79 Å². The van der Waals surface area contributed by atoms with E-state index in [1.165, 1.54) is 20.9 Å². The summed E-state index contributed by atoms with van der Waals surface area (Å²) in [6.45, 7) is 3.52. The highest BCUT2D eigenvalue weighted by Gasteiger charge is 2.30. The van der Waals surface area contributed by atoms with Crippen LogP contribution in [0.1, 0.15) is 30.5 Å². The van der Waals surface area contributed by atoms with Crippen molar-refractivity contribution < 1.29 is 9.90 Å². The quantitative estimate of drug-likeness (QED) is 0.898. The lowest BCUT2D eigenvalue weighted by molar-refractivity contribution is -0.142. The number of carboxylic acid groups (broad SMARTS) is 1. The normalized spacial score (nSPS) is 14.0. The summed E-state index contributed by atoms with van der Waals surface area (Å²) in [5.74, 6) is -0.785. The molecule has 21 heavy (non-hydrogen) atoms. The third kappa shape index (κ3) is 2.58. The monoisotopic (exact) mass is 298 g/mol. The van der Waals surface area contributed by atoms with Crippen LogP contribution in [0.3, 0.4) is 0 Å². The Labute approximate surface area is 129 Å². The fraction of sp³-hybridized carbons (Fsp3) is 0.278. The Morgan fingerprint density at radius 3 is 2.48 bits per heavy atom. The van der Waals surface area contributed by atoms with Gasteiger partial charge in [-0.15, -0.1) is 0 Å². The summed E-state index contributed by atoms with van der Waals surface area (Å²) in [6.07, 6.45) is 1.97. The predicted molar refractivity (Wildman–Crippen MR) is 85.1 cm³/mol. The summed E-state index contributed by atoms with van der Waals surface area (Å²) in [5, 5.41) is 9.39. The van der Waals surface area contributed by atoms with Crippen LogP contribution < -0.4 is 0 Å². The van der Waals surface area contributed by atoms with Gasteiger partial charge in [-0.1, -0.05) is 42.1 Å². The summed E-state index contributed by atoms with van der Waals surface area (Å²) >= 11 is 1.78. The van der Waals surface area contributed by atoms with E-state index in [0.29, 0.717) is 0 Å². The summed E-state index contributed by atoms with van der Waals surface area (Å²) in [4.78, 5) is 14.0. The minimum absolute atomic E-state index is 0.785. The molecule has 0 fully saturated rings. The minimum Gasteiger partial charge on any atom is -0.481 e. The predicted octanol–water partition coefficient (Wildman–Crippen LogP) is 4.30. The fourth-order valence-electron chi connectivity index (χ4n) is 2.58. The molecule has 2 nitrogen and oxygen atoms in total. The van der Waals surface area contributed by atoms with E-state index in [1.807, 2.05) is 6.07 Å². The zero-order valence-electron chi connectivity index (χ0n) is 12.2. The van der Waals surface area contributed by atoms with E-state index >= 15 is 0 Å². The highest BCUT2D eigenvalue weighted by molar-refractivity contribution is 7.99. The molecular formula is C18H18O2S. The molecular weight excluding hydrogens is 280 g/mol. The van der Waals surface area contributed by atoms with Crippen molar-refractivity contribution in [3.8, 4) is 0 Å². The van der Waals surface area contributed by atoms with Gasteiger partial charge in [-0.25, -0.2) is 0 Å². The summed E-state index contributed by atoms with van der Waals surface area (Å²) in [7, 11) is 0. The highest BCUT2D eigenvalue weighted by Crippen LogP contribution is 2.38. The molecule has 108 valence electrons. The van der Waals surface area contributed by atoms with Crippen LogP contribution in [0, 0.1) is 0 Å². The number of carboxylic acids is 1. The van der Waals surface area contributed by atoms with Crippen molar-refractivity contribution in [1.82, 2.24) is 0 Å². The minimum atomic E-state index is -0.848. The molecule has 3 rings (SSSR count). The van der Waals surface area contributed by atoms with Gasteiger partial charge in [0.05, 0.1) is 5.41 Å². The summed E-state index contributed by atoms with van der Waals surface area (Å²) in [6, 6.07) is 14.6. The SMILES string of the molecule is CC(C)(C(=O)O)c1ccc2c(c1)CCc1ccccc1S2. The van der Waals surface area contributed by atoms with E-state index in [9.17, 15) is 9.90 Å². The number of benzene rings is 2. The number of fused-ring (bicyclic) bond motifs is 2. The van der Waals surface area contributed by atoms with Crippen LogP contribution in [-0.2, 0) is 23.1 Å². The van der Waals surface area contributed by atoms with Gasteiger partial charge in [0.2, 0.25) is 0 Å². The van der Waals surface area contributed by atoms with E-state index in [0.717, 1.165) is 18.4 Å².